The Bertz CT molecular complexity index is 857. The molecule has 0 saturated heterocycles. The summed E-state index contributed by atoms with van der Waals surface area (Å²) in [6, 6.07) is 23.3. The molecular formula is C21H20N2O. The van der Waals surface area contributed by atoms with Gasteiger partial charge in [-0.1, -0.05) is 48.0 Å². The number of carbonyl (C=O) groups is 1. The highest BCUT2D eigenvalue weighted by Crippen LogP contribution is 2.23. The summed E-state index contributed by atoms with van der Waals surface area (Å²) in [5, 5.41) is 6.30. The Hall–Kier alpha value is -3.07. The fourth-order valence-electron chi connectivity index (χ4n) is 2.61. The van der Waals surface area contributed by atoms with E-state index in [0.717, 1.165) is 22.6 Å². The van der Waals surface area contributed by atoms with E-state index in [4.69, 9.17) is 0 Å². The minimum atomic E-state index is -0.124. The summed E-state index contributed by atoms with van der Waals surface area (Å²) >= 11 is 0. The number of rotatable bonds is 4. The van der Waals surface area contributed by atoms with Crippen molar-refractivity contribution in [3.8, 4) is 0 Å². The molecule has 120 valence electrons. The molecule has 1 amide bonds. The number of nitrogens with one attached hydrogen (secondary N) is 2. The standard InChI is InChI=1S/C21H20N2O/c1-15-12-13-19(16(2)14-15)23-21(24)18-10-6-7-11-20(18)22-17-8-4-3-5-9-17/h3-14,22H,1-2H3,(H,23,24). The molecule has 0 atom stereocenters. The van der Waals surface area contributed by atoms with Crippen LogP contribution in [-0.2, 0) is 0 Å². The monoisotopic (exact) mass is 316 g/mol. The van der Waals surface area contributed by atoms with Crippen LogP contribution in [0, 0.1) is 13.8 Å². The number of hydrogen-bond acceptors (Lipinski definition) is 2. The van der Waals surface area contributed by atoms with Crippen LogP contribution >= 0.6 is 0 Å². The van der Waals surface area contributed by atoms with Crippen molar-refractivity contribution in [3.63, 3.8) is 0 Å². The van der Waals surface area contributed by atoms with Gasteiger partial charge in [-0.05, 0) is 49.7 Å². The van der Waals surface area contributed by atoms with Gasteiger partial charge in [0.25, 0.3) is 5.91 Å². The molecule has 0 spiro atoms. The predicted octanol–water partition coefficient (Wildman–Crippen LogP) is 5.30. The molecule has 3 aromatic rings. The highest BCUT2D eigenvalue weighted by atomic mass is 16.1. The maximum Gasteiger partial charge on any atom is 0.257 e. The average Bonchev–Trinajstić information content (AvgIpc) is 2.59. The highest BCUT2D eigenvalue weighted by Gasteiger charge is 2.12. The molecule has 3 nitrogen and oxygen atoms in total. The lowest BCUT2D eigenvalue weighted by molar-refractivity contribution is 0.102. The first kappa shape index (κ1) is 15.8. The molecule has 0 unspecified atom stereocenters. The first-order valence-electron chi connectivity index (χ1n) is 7.93. The molecule has 3 aromatic carbocycles. The maximum absolute atomic E-state index is 12.7. The summed E-state index contributed by atoms with van der Waals surface area (Å²) in [7, 11) is 0. The summed E-state index contributed by atoms with van der Waals surface area (Å²) in [5.74, 6) is -0.124. The van der Waals surface area contributed by atoms with E-state index in [1.165, 1.54) is 5.56 Å². The number of carbonyl (C=O) groups excluding carboxylic acids is 1. The van der Waals surface area contributed by atoms with E-state index in [1.807, 2.05) is 80.6 Å². The van der Waals surface area contributed by atoms with Crippen LogP contribution in [0.15, 0.2) is 72.8 Å². The number of hydrogen-bond donors (Lipinski definition) is 2. The minimum absolute atomic E-state index is 0.124. The lowest BCUT2D eigenvalue weighted by atomic mass is 10.1. The van der Waals surface area contributed by atoms with Crippen LogP contribution in [-0.4, -0.2) is 5.91 Å². The molecule has 24 heavy (non-hydrogen) atoms. The van der Waals surface area contributed by atoms with Crippen molar-refractivity contribution >= 4 is 23.0 Å². The van der Waals surface area contributed by atoms with Crippen molar-refractivity contribution in [2.75, 3.05) is 10.6 Å². The Labute approximate surface area is 142 Å². The van der Waals surface area contributed by atoms with Gasteiger partial charge in [-0.2, -0.15) is 0 Å². The molecule has 3 rings (SSSR count). The molecule has 0 radical (unpaired) electrons. The molecule has 0 aromatic heterocycles. The van der Waals surface area contributed by atoms with Gasteiger partial charge in [0, 0.05) is 11.4 Å². The van der Waals surface area contributed by atoms with Crippen LogP contribution < -0.4 is 10.6 Å². The third kappa shape index (κ3) is 3.63. The molecule has 0 heterocycles. The van der Waals surface area contributed by atoms with Crippen molar-refractivity contribution in [3.05, 3.63) is 89.5 Å². The topological polar surface area (TPSA) is 41.1 Å². The quantitative estimate of drug-likeness (QED) is 0.686. The first-order valence-corrected chi connectivity index (χ1v) is 7.93. The average molecular weight is 316 g/mol. The summed E-state index contributed by atoms with van der Waals surface area (Å²) in [4.78, 5) is 12.7. The van der Waals surface area contributed by atoms with E-state index in [9.17, 15) is 4.79 Å². The third-order valence-electron chi connectivity index (χ3n) is 3.85. The summed E-state index contributed by atoms with van der Waals surface area (Å²) < 4.78 is 0. The van der Waals surface area contributed by atoms with Crippen LogP contribution in [0.1, 0.15) is 21.5 Å². The van der Waals surface area contributed by atoms with E-state index in [0.29, 0.717) is 5.56 Å². The number of benzene rings is 3. The zero-order valence-corrected chi connectivity index (χ0v) is 13.8. The summed E-state index contributed by atoms with van der Waals surface area (Å²) in [5.41, 5.74) is 5.41. The Balaban J connectivity index is 1.85. The Kier molecular flexibility index (Phi) is 4.62. The van der Waals surface area contributed by atoms with Gasteiger partial charge in [-0.3, -0.25) is 4.79 Å². The molecule has 0 aliphatic heterocycles. The van der Waals surface area contributed by atoms with Crippen molar-refractivity contribution in [2.45, 2.75) is 13.8 Å². The van der Waals surface area contributed by atoms with Gasteiger partial charge in [0.1, 0.15) is 0 Å². The number of amides is 1. The van der Waals surface area contributed by atoms with Crippen LogP contribution in [0.3, 0.4) is 0 Å². The van der Waals surface area contributed by atoms with Crippen LogP contribution in [0.25, 0.3) is 0 Å². The van der Waals surface area contributed by atoms with Gasteiger partial charge in [-0.15, -0.1) is 0 Å². The molecule has 0 saturated carbocycles. The normalized spacial score (nSPS) is 10.2. The number of anilines is 3. The smallest absolute Gasteiger partial charge is 0.257 e. The second kappa shape index (κ2) is 7.01. The van der Waals surface area contributed by atoms with Gasteiger partial charge in [-0.25, -0.2) is 0 Å². The third-order valence-corrected chi connectivity index (χ3v) is 3.85. The van der Waals surface area contributed by atoms with Gasteiger partial charge >= 0.3 is 0 Å². The van der Waals surface area contributed by atoms with Crippen molar-refractivity contribution in [1.29, 1.82) is 0 Å². The van der Waals surface area contributed by atoms with E-state index >= 15 is 0 Å². The molecule has 0 aliphatic rings. The molecule has 3 heteroatoms. The van der Waals surface area contributed by atoms with Crippen molar-refractivity contribution in [1.82, 2.24) is 0 Å². The fourth-order valence-corrected chi connectivity index (χ4v) is 2.61. The van der Waals surface area contributed by atoms with Crippen molar-refractivity contribution in [2.24, 2.45) is 0 Å². The minimum Gasteiger partial charge on any atom is -0.355 e. The van der Waals surface area contributed by atoms with Gasteiger partial charge in [0.05, 0.1) is 11.3 Å². The van der Waals surface area contributed by atoms with E-state index in [-0.39, 0.29) is 5.91 Å². The number of para-hydroxylation sites is 2. The van der Waals surface area contributed by atoms with E-state index in [1.54, 1.807) is 0 Å². The SMILES string of the molecule is Cc1ccc(NC(=O)c2ccccc2Nc2ccccc2)c(C)c1. The molecule has 0 bridgehead atoms. The summed E-state index contributed by atoms with van der Waals surface area (Å²) in [6.45, 7) is 4.04. The Morgan fingerprint density at radius 3 is 2.25 bits per heavy atom. The molecule has 0 aliphatic carbocycles. The van der Waals surface area contributed by atoms with Gasteiger partial charge in [0.15, 0.2) is 0 Å². The second-order valence-electron chi connectivity index (χ2n) is 5.81. The first-order chi connectivity index (χ1) is 11.6. The number of aryl methyl sites for hydroxylation is 2. The lowest BCUT2D eigenvalue weighted by Crippen LogP contribution is -2.14. The fraction of sp³-hybridized carbons (Fsp3) is 0.0952. The van der Waals surface area contributed by atoms with Gasteiger partial charge < -0.3 is 10.6 Å². The Morgan fingerprint density at radius 1 is 0.792 bits per heavy atom. The lowest BCUT2D eigenvalue weighted by Gasteiger charge is -2.13. The zero-order chi connectivity index (χ0) is 16.9. The van der Waals surface area contributed by atoms with Crippen LogP contribution in [0.4, 0.5) is 17.1 Å². The predicted molar refractivity (Wildman–Crippen MR) is 100 cm³/mol. The molecule has 0 fully saturated rings. The largest absolute Gasteiger partial charge is 0.355 e. The van der Waals surface area contributed by atoms with Crippen molar-refractivity contribution < 1.29 is 4.79 Å². The van der Waals surface area contributed by atoms with Crippen LogP contribution in [0.5, 0.6) is 0 Å². The highest BCUT2D eigenvalue weighted by molar-refractivity contribution is 6.08. The molecule has 2 N–H and O–H groups in total. The maximum atomic E-state index is 12.7. The van der Waals surface area contributed by atoms with Crippen LogP contribution in [0.2, 0.25) is 0 Å². The van der Waals surface area contributed by atoms with E-state index < -0.39 is 0 Å². The van der Waals surface area contributed by atoms with E-state index in [2.05, 4.69) is 16.7 Å². The van der Waals surface area contributed by atoms with Gasteiger partial charge in [0.2, 0.25) is 0 Å². The summed E-state index contributed by atoms with van der Waals surface area (Å²) in [6.07, 6.45) is 0. The zero-order valence-electron chi connectivity index (χ0n) is 13.8. The molecular weight excluding hydrogens is 296 g/mol. The second-order valence-corrected chi connectivity index (χ2v) is 5.81. The Morgan fingerprint density at radius 2 is 1.50 bits per heavy atom.